The quantitative estimate of drug-likeness (QED) is 0.785. The van der Waals surface area contributed by atoms with E-state index in [4.69, 9.17) is 11.6 Å². The molecule has 0 spiro atoms. The van der Waals surface area contributed by atoms with Crippen LogP contribution in [-0.2, 0) is 4.79 Å². The standard InChI is InChI=1S/C13H15ClOS/c1-9-8-12(6-7-13(9)14)16-11-4-2-10(15)3-5-11/h6-8,11H,2-5H2,1H3. The molecule has 1 aromatic rings. The van der Waals surface area contributed by atoms with E-state index >= 15 is 0 Å². The average Bonchev–Trinajstić information content (AvgIpc) is 2.27. The minimum absolute atomic E-state index is 0.420. The van der Waals surface area contributed by atoms with E-state index < -0.39 is 0 Å². The van der Waals surface area contributed by atoms with Crippen molar-refractivity contribution in [2.75, 3.05) is 0 Å². The van der Waals surface area contributed by atoms with Crippen LogP contribution >= 0.6 is 23.4 Å². The highest BCUT2D eigenvalue weighted by Gasteiger charge is 2.19. The first-order chi connectivity index (χ1) is 7.65. The van der Waals surface area contributed by atoms with E-state index in [0.717, 1.165) is 36.3 Å². The van der Waals surface area contributed by atoms with Crippen LogP contribution in [0.5, 0.6) is 0 Å². The topological polar surface area (TPSA) is 17.1 Å². The number of hydrogen-bond acceptors (Lipinski definition) is 2. The lowest BCUT2D eigenvalue weighted by Crippen LogP contribution is -2.15. The van der Waals surface area contributed by atoms with Gasteiger partial charge in [-0.25, -0.2) is 0 Å². The van der Waals surface area contributed by atoms with Gasteiger partial charge >= 0.3 is 0 Å². The van der Waals surface area contributed by atoms with Gasteiger partial charge in [-0.05, 0) is 43.5 Å². The first-order valence-electron chi connectivity index (χ1n) is 5.59. The Morgan fingerprint density at radius 3 is 2.62 bits per heavy atom. The van der Waals surface area contributed by atoms with E-state index in [1.165, 1.54) is 4.90 Å². The lowest BCUT2D eigenvalue weighted by atomic mass is 9.99. The number of rotatable bonds is 2. The summed E-state index contributed by atoms with van der Waals surface area (Å²) >= 11 is 7.87. The monoisotopic (exact) mass is 254 g/mol. The maximum Gasteiger partial charge on any atom is 0.132 e. The van der Waals surface area contributed by atoms with Gasteiger partial charge in [-0.1, -0.05) is 11.6 Å². The number of thioether (sulfide) groups is 1. The molecule has 86 valence electrons. The summed E-state index contributed by atoms with van der Waals surface area (Å²) in [5.74, 6) is 0.420. The minimum Gasteiger partial charge on any atom is -0.300 e. The summed E-state index contributed by atoms with van der Waals surface area (Å²) in [6.45, 7) is 2.02. The third kappa shape index (κ3) is 3.02. The smallest absolute Gasteiger partial charge is 0.132 e. The summed E-state index contributed by atoms with van der Waals surface area (Å²) in [5, 5.41) is 1.42. The van der Waals surface area contributed by atoms with E-state index in [9.17, 15) is 4.79 Å². The number of aryl methyl sites for hydroxylation is 1. The Morgan fingerprint density at radius 2 is 2.00 bits per heavy atom. The molecule has 0 saturated heterocycles. The predicted molar refractivity (Wildman–Crippen MR) is 69.3 cm³/mol. The maximum absolute atomic E-state index is 11.1. The molecule has 0 bridgehead atoms. The van der Waals surface area contributed by atoms with E-state index in [1.54, 1.807) is 0 Å². The first kappa shape index (κ1) is 12.0. The van der Waals surface area contributed by atoms with Gasteiger partial charge < -0.3 is 0 Å². The fourth-order valence-electron chi connectivity index (χ4n) is 1.91. The summed E-state index contributed by atoms with van der Waals surface area (Å²) < 4.78 is 0. The molecule has 1 aromatic carbocycles. The largest absolute Gasteiger partial charge is 0.300 e. The van der Waals surface area contributed by atoms with Crippen LogP contribution in [0.3, 0.4) is 0 Å². The van der Waals surface area contributed by atoms with Crippen molar-refractivity contribution in [3.63, 3.8) is 0 Å². The molecule has 0 heterocycles. The lowest BCUT2D eigenvalue weighted by Gasteiger charge is -2.20. The molecule has 2 rings (SSSR count). The number of hydrogen-bond donors (Lipinski definition) is 0. The zero-order valence-corrected chi connectivity index (χ0v) is 10.9. The van der Waals surface area contributed by atoms with Gasteiger partial charge in [-0.15, -0.1) is 11.8 Å². The molecule has 0 radical (unpaired) electrons. The van der Waals surface area contributed by atoms with Crippen LogP contribution in [0, 0.1) is 6.92 Å². The molecule has 3 heteroatoms. The normalized spacial score (nSPS) is 17.8. The third-order valence-electron chi connectivity index (χ3n) is 2.92. The number of halogens is 1. The Hall–Kier alpha value is -0.470. The van der Waals surface area contributed by atoms with Gasteiger partial charge in [0.1, 0.15) is 5.78 Å². The van der Waals surface area contributed by atoms with Gasteiger partial charge in [0.05, 0.1) is 0 Å². The number of carbonyl (C=O) groups is 1. The fourth-order valence-corrected chi connectivity index (χ4v) is 3.28. The summed E-state index contributed by atoms with van der Waals surface area (Å²) in [5.41, 5.74) is 1.12. The van der Waals surface area contributed by atoms with E-state index in [2.05, 4.69) is 12.1 Å². The second kappa shape index (κ2) is 5.24. The molecule has 1 saturated carbocycles. The summed E-state index contributed by atoms with van der Waals surface area (Å²) in [4.78, 5) is 12.4. The van der Waals surface area contributed by atoms with Crippen LogP contribution in [-0.4, -0.2) is 11.0 Å². The van der Waals surface area contributed by atoms with Crippen molar-refractivity contribution < 1.29 is 4.79 Å². The van der Waals surface area contributed by atoms with Crippen LogP contribution in [0.25, 0.3) is 0 Å². The zero-order valence-electron chi connectivity index (χ0n) is 9.33. The molecule has 0 aliphatic heterocycles. The van der Waals surface area contributed by atoms with Gasteiger partial charge in [0.15, 0.2) is 0 Å². The van der Waals surface area contributed by atoms with Crippen molar-refractivity contribution >= 4 is 29.1 Å². The van der Waals surface area contributed by atoms with E-state index in [0.29, 0.717) is 11.0 Å². The highest BCUT2D eigenvalue weighted by molar-refractivity contribution is 8.00. The number of carbonyl (C=O) groups excluding carboxylic acids is 1. The minimum atomic E-state index is 0.420. The number of Topliss-reactive ketones (excluding diaryl/α,β-unsaturated/α-hetero) is 1. The summed E-state index contributed by atoms with van der Waals surface area (Å²) in [6.07, 6.45) is 3.55. The molecule has 1 aliphatic rings. The van der Waals surface area contributed by atoms with Gasteiger partial charge in [0.2, 0.25) is 0 Å². The molecule has 0 N–H and O–H groups in total. The molecule has 0 atom stereocenters. The van der Waals surface area contributed by atoms with Crippen molar-refractivity contribution in [2.24, 2.45) is 0 Å². The summed E-state index contributed by atoms with van der Waals surface area (Å²) in [6, 6.07) is 6.15. The Labute approximate surface area is 106 Å². The Kier molecular flexibility index (Phi) is 3.93. The Morgan fingerprint density at radius 1 is 1.31 bits per heavy atom. The summed E-state index contributed by atoms with van der Waals surface area (Å²) in [7, 11) is 0. The number of ketones is 1. The second-order valence-electron chi connectivity index (χ2n) is 4.27. The van der Waals surface area contributed by atoms with Crippen LogP contribution in [0.15, 0.2) is 23.1 Å². The van der Waals surface area contributed by atoms with Crippen LogP contribution in [0.4, 0.5) is 0 Å². The van der Waals surface area contributed by atoms with Crippen molar-refractivity contribution in [3.8, 4) is 0 Å². The second-order valence-corrected chi connectivity index (χ2v) is 6.05. The molecular weight excluding hydrogens is 240 g/mol. The maximum atomic E-state index is 11.1. The molecular formula is C13H15ClOS. The third-order valence-corrected chi connectivity index (χ3v) is 4.68. The molecule has 16 heavy (non-hydrogen) atoms. The Bertz CT molecular complexity index is 393. The van der Waals surface area contributed by atoms with Crippen molar-refractivity contribution in [1.29, 1.82) is 0 Å². The number of benzene rings is 1. The van der Waals surface area contributed by atoms with Crippen LogP contribution in [0.1, 0.15) is 31.2 Å². The van der Waals surface area contributed by atoms with Gasteiger partial charge in [0, 0.05) is 28.0 Å². The van der Waals surface area contributed by atoms with Crippen LogP contribution in [0.2, 0.25) is 5.02 Å². The molecule has 1 aliphatic carbocycles. The molecule has 1 fully saturated rings. The highest BCUT2D eigenvalue weighted by Crippen LogP contribution is 2.33. The van der Waals surface area contributed by atoms with Gasteiger partial charge in [-0.3, -0.25) is 4.79 Å². The molecule has 0 aromatic heterocycles. The first-order valence-corrected chi connectivity index (χ1v) is 6.85. The van der Waals surface area contributed by atoms with Crippen molar-refractivity contribution in [1.82, 2.24) is 0 Å². The molecule has 0 unspecified atom stereocenters. The molecule has 1 nitrogen and oxygen atoms in total. The Balaban J connectivity index is 1.98. The predicted octanol–water partition coefficient (Wildman–Crippen LogP) is 4.25. The van der Waals surface area contributed by atoms with Gasteiger partial charge in [0.25, 0.3) is 0 Å². The zero-order chi connectivity index (χ0) is 11.5. The van der Waals surface area contributed by atoms with Gasteiger partial charge in [-0.2, -0.15) is 0 Å². The highest BCUT2D eigenvalue weighted by atomic mass is 35.5. The van der Waals surface area contributed by atoms with E-state index in [-0.39, 0.29) is 0 Å². The fraction of sp³-hybridized carbons (Fsp3) is 0.462. The molecule has 0 amide bonds. The van der Waals surface area contributed by atoms with Crippen molar-refractivity contribution in [3.05, 3.63) is 28.8 Å². The van der Waals surface area contributed by atoms with Crippen molar-refractivity contribution in [2.45, 2.75) is 42.8 Å². The SMILES string of the molecule is Cc1cc(SC2CCC(=O)CC2)ccc1Cl. The van der Waals surface area contributed by atoms with E-state index in [1.807, 2.05) is 24.8 Å². The lowest BCUT2D eigenvalue weighted by molar-refractivity contribution is -0.120. The average molecular weight is 255 g/mol. The van der Waals surface area contributed by atoms with Crippen LogP contribution < -0.4 is 0 Å².